The second-order valence-corrected chi connectivity index (χ2v) is 7.16. The highest BCUT2D eigenvalue weighted by atomic mass is 35.5. The molecule has 1 aliphatic rings. The van der Waals surface area contributed by atoms with Gasteiger partial charge in [-0.3, -0.25) is 0 Å². The van der Waals surface area contributed by atoms with Gasteiger partial charge in [-0.05, 0) is 49.4 Å². The van der Waals surface area contributed by atoms with Gasteiger partial charge in [-0.25, -0.2) is 8.42 Å². The number of hydrogen-bond donors (Lipinski definition) is 0. The van der Waals surface area contributed by atoms with Crippen molar-refractivity contribution < 1.29 is 8.42 Å². The van der Waals surface area contributed by atoms with Crippen LogP contribution in [0.1, 0.15) is 29.5 Å². The summed E-state index contributed by atoms with van der Waals surface area (Å²) in [6.07, 6.45) is 1.92. The van der Waals surface area contributed by atoms with Crippen molar-refractivity contribution in [1.82, 2.24) is 4.31 Å². The predicted molar refractivity (Wildman–Crippen MR) is 73.4 cm³/mol. The Kier molecular flexibility index (Phi) is 3.72. The first kappa shape index (κ1) is 13.8. The third kappa shape index (κ3) is 2.42. The van der Waals surface area contributed by atoms with Gasteiger partial charge in [-0.15, -0.1) is 11.6 Å². The van der Waals surface area contributed by atoms with Crippen LogP contribution < -0.4 is 0 Å². The SMILES string of the molecule is Cc1cc(CCl)cc(S(=O)(=O)N(C)C2CC2)c1C. The fourth-order valence-corrected chi connectivity index (χ4v) is 3.95. The molecule has 100 valence electrons. The Balaban J connectivity index is 2.52. The zero-order valence-electron chi connectivity index (χ0n) is 10.9. The number of hydrogen-bond acceptors (Lipinski definition) is 2. The molecule has 0 aromatic heterocycles. The summed E-state index contributed by atoms with van der Waals surface area (Å²) in [7, 11) is -1.72. The zero-order chi connectivity index (χ0) is 13.5. The Labute approximate surface area is 114 Å². The topological polar surface area (TPSA) is 37.4 Å². The number of nitrogens with zero attached hydrogens (tertiary/aromatic N) is 1. The van der Waals surface area contributed by atoms with Gasteiger partial charge in [0, 0.05) is 19.0 Å². The molecule has 0 unspecified atom stereocenters. The van der Waals surface area contributed by atoms with Crippen LogP contribution in [0.25, 0.3) is 0 Å². The highest BCUT2D eigenvalue weighted by Gasteiger charge is 2.35. The Morgan fingerprint density at radius 1 is 1.33 bits per heavy atom. The van der Waals surface area contributed by atoms with E-state index in [-0.39, 0.29) is 6.04 Å². The summed E-state index contributed by atoms with van der Waals surface area (Å²) in [6, 6.07) is 3.82. The Morgan fingerprint density at radius 3 is 2.44 bits per heavy atom. The first-order chi connectivity index (χ1) is 8.37. The van der Waals surface area contributed by atoms with Gasteiger partial charge in [0.15, 0.2) is 0 Å². The van der Waals surface area contributed by atoms with Crippen molar-refractivity contribution in [2.45, 2.75) is 43.5 Å². The van der Waals surface area contributed by atoms with Crippen molar-refractivity contribution in [2.75, 3.05) is 7.05 Å². The molecule has 0 atom stereocenters. The fourth-order valence-electron chi connectivity index (χ4n) is 2.03. The second kappa shape index (κ2) is 4.83. The molecule has 0 aliphatic heterocycles. The zero-order valence-corrected chi connectivity index (χ0v) is 12.5. The highest BCUT2D eigenvalue weighted by Crippen LogP contribution is 2.32. The maximum atomic E-state index is 12.5. The molecule has 1 aromatic rings. The lowest BCUT2D eigenvalue weighted by Crippen LogP contribution is -2.29. The van der Waals surface area contributed by atoms with Crippen molar-refractivity contribution in [3.05, 3.63) is 28.8 Å². The smallest absolute Gasteiger partial charge is 0.207 e. The van der Waals surface area contributed by atoms with Gasteiger partial charge in [0.05, 0.1) is 4.90 Å². The van der Waals surface area contributed by atoms with Crippen LogP contribution in [0.5, 0.6) is 0 Å². The van der Waals surface area contributed by atoms with E-state index in [1.54, 1.807) is 13.1 Å². The van der Waals surface area contributed by atoms with Gasteiger partial charge < -0.3 is 0 Å². The standard InChI is InChI=1S/C13H18ClNO2S/c1-9-6-11(8-14)7-13(10(9)2)18(16,17)15(3)12-4-5-12/h6-7,12H,4-5,8H2,1-3H3. The van der Waals surface area contributed by atoms with Crippen LogP contribution in [-0.4, -0.2) is 25.8 Å². The van der Waals surface area contributed by atoms with E-state index < -0.39 is 10.0 Å². The largest absolute Gasteiger partial charge is 0.243 e. The molecule has 3 nitrogen and oxygen atoms in total. The molecule has 1 aromatic carbocycles. The Hall–Kier alpha value is -0.580. The number of aryl methyl sites for hydroxylation is 1. The maximum absolute atomic E-state index is 12.5. The van der Waals surface area contributed by atoms with Gasteiger partial charge in [0.2, 0.25) is 10.0 Å². The molecule has 2 rings (SSSR count). The summed E-state index contributed by atoms with van der Waals surface area (Å²) in [5.41, 5.74) is 2.63. The molecular formula is C13H18ClNO2S. The molecule has 0 bridgehead atoms. The van der Waals surface area contributed by atoms with Crippen molar-refractivity contribution in [3.8, 4) is 0 Å². The number of rotatable bonds is 4. The molecule has 0 amide bonds. The van der Waals surface area contributed by atoms with Gasteiger partial charge in [0.25, 0.3) is 0 Å². The summed E-state index contributed by atoms with van der Waals surface area (Å²) in [6.45, 7) is 3.77. The average molecular weight is 288 g/mol. The summed E-state index contributed by atoms with van der Waals surface area (Å²) in [5.74, 6) is 0.330. The summed E-state index contributed by atoms with van der Waals surface area (Å²) in [4.78, 5) is 0.396. The van der Waals surface area contributed by atoms with E-state index in [9.17, 15) is 8.42 Å². The van der Waals surface area contributed by atoms with Gasteiger partial charge >= 0.3 is 0 Å². The molecule has 5 heteroatoms. The number of halogens is 1. The average Bonchev–Trinajstić information content (AvgIpc) is 3.15. The van der Waals surface area contributed by atoms with E-state index >= 15 is 0 Å². The minimum absolute atomic E-state index is 0.175. The number of benzene rings is 1. The normalized spacial score (nSPS) is 16.3. The van der Waals surface area contributed by atoms with Crippen molar-refractivity contribution >= 4 is 21.6 Å². The summed E-state index contributed by atoms with van der Waals surface area (Å²) in [5, 5.41) is 0. The van der Waals surface area contributed by atoms with E-state index in [0.717, 1.165) is 29.5 Å². The highest BCUT2D eigenvalue weighted by molar-refractivity contribution is 7.89. The third-order valence-electron chi connectivity index (χ3n) is 3.55. The van der Waals surface area contributed by atoms with E-state index in [1.165, 1.54) is 4.31 Å². The van der Waals surface area contributed by atoms with E-state index in [0.29, 0.717) is 10.8 Å². The van der Waals surface area contributed by atoms with E-state index in [4.69, 9.17) is 11.6 Å². The van der Waals surface area contributed by atoms with Crippen LogP contribution in [0.4, 0.5) is 0 Å². The molecule has 0 radical (unpaired) electrons. The van der Waals surface area contributed by atoms with Crippen LogP contribution in [0.2, 0.25) is 0 Å². The summed E-state index contributed by atoms with van der Waals surface area (Å²) < 4.78 is 26.6. The lowest BCUT2D eigenvalue weighted by atomic mass is 10.1. The number of sulfonamides is 1. The molecule has 0 saturated heterocycles. The Morgan fingerprint density at radius 2 is 1.94 bits per heavy atom. The van der Waals surface area contributed by atoms with E-state index in [1.807, 2.05) is 19.9 Å². The molecular weight excluding hydrogens is 270 g/mol. The first-order valence-electron chi connectivity index (χ1n) is 6.02. The molecule has 0 N–H and O–H groups in total. The minimum Gasteiger partial charge on any atom is -0.207 e. The van der Waals surface area contributed by atoms with Crippen molar-refractivity contribution in [1.29, 1.82) is 0 Å². The van der Waals surface area contributed by atoms with Gasteiger partial charge in [0.1, 0.15) is 0 Å². The van der Waals surface area contributed by atoms with Gasteiger partial charge in [-0.2, -0.15) is 4.31 Å². The van der Waals surface area contributed by atoms with Crippen molar-refractivity contribution in [3.63, 3.8) is 0 Å². The summed E-state index contributed by atoms with van der Waals surface area (Å²) >= 11 is 5.82. The number of alkyl halides is 1. The van der Waals surface area contributed by atoms with Gasteiger partial charge in [-0.1, -0.05) is 6.07 Å². The fraction of sp³-hybridized carbons (Fsp3) is 0.538. The molecule has 1 fully saturated rings. The van der Waals surface area contributed by atoms with Crippen LogP contribution in [-0.2, 0) is 15.9 Å². The lowest BCUT2D eigenvalue weighted by Gasteiger charge is -2.19. The van der Waals surface area contributed by atoms with Crippen LogP contribution in [0.3, 0.4) is 0 Å². The predicted octanol–water partition coefficient (Wildman–Crippen LogP) is 2.83. The quantitative estimate of drug-likeness (QED) is 0.799. The second-order valence-electron chi connectivity index (χ2n) is 4.92. The maximum Gasteiger partial charge on any atom is 0.243 e. The van der Waals surface area contributed by atoms with Crippen LogP contribution in [0, 0.1) is 13.8 Å². The molecule has 0 heterocycles. The molecule has 1 saturated carbocycles. The third-order valence-corrected chi connectivity index (χ3v) is 5.90. The Bertz CT molecular complexity index is 565. The molecule has 18 heavy (non-hydrogen) atoms. The van der Waals surface area contributed by atoms with Crippen molar-refractivity contribution in [2.24, 2.45) is 0 Å². The molecule has 1 aliphatic carbocycles. The monoisotopic (exact) mass is 287 g/mol. The minimum atomic E-state index is -3.39. The first-order valence-corrected chi connectivity index (χ1v) is 7.99. The lowest BCUT2D eigenvalue weighted by molar-refractivity contribution is 0.463. The van der Waals surface area contributed by atoms with E-state index in [2.05, 4.69) is 0 Å². The van der Waals surface area contributed by atoms with Crippen LogP contribution in [0.15, 0.2) is 17.0 Å². The molecule has 0 spiro atoms. The van der Waals surface area contributed by atoms with Crippen LogP contribution >= 0.6 is 11.6 Å².